The molecule has 0 aromatic rings. The molecule has 0 unspecified atom stereocenters. The summed E-state index contributed by atoms with van der Waals surface area (Å²) in [5.74, 6) is 0.0873. The van der Waals surface area contributed by atoms with E-state index in [0.29, 0.717) is 6.42 Å². The second-order valence-corrected chi connectivity index (χ2v) is 8.56. The minimum absolute atomic E-state index is 0.0873. The lowest BCUT2D eigenvalue weighted by atomic mass is 9.93. The van der Waals surface area contributed by atoms with E-state index in [1.54, 1.807) is 0 Å². The largest absolute Gasteiger partial charge is 0.353 e. The van der Waals surface area contributed by atoms with Crippen LogP contribution in [0.15, 0.2) is 0 Å². The molecule has 1 aliphatic heterocycles. The lowest BCUT2D eigenvalue weighted by molar-refractivity contribution is -0.121. The Morgan fingerprint density at radius 3 is 2.06 bits per heavy atom. The Bertz CT molecular complexity index is 290. The van der Waals surface area contributed by atoms with E-state index in [-0.39, 0.29) is 21.4 Å². The van der Waals surface area contributed by atoms with Crippen molar-refractivity contribution in [1.29, 1.82) is 0 Å². The zero-order valence-electron chi connectivity index (χ0n) is 10.9. The third-order valence-corrected chi connectivity index (χ3v) is 5.51. The van der Waals surface area contributed by atoms with Crippen LogP contribution >= 0.6 is 0 Å². The Hall–Kier alpha value is -0.380. The summed E-state index contributed by atoms with van der Waals surface area (Å²) in [5.41, 5.74) is 0. The molecule has 1 fully saturated rings. The first-order valence-corrected chi connectivity index (χ1v) is 7.05. The van der Waals surface area contributed by atoms with Gasteiger partial charge in [-0.05, 0) is 40.5 Å². The first-order valence-electron chi connectivity index (χ1n) is 5.90. The summed E-state index contributed by atoms with van der Waals surface area (Å²) in [7, 11) is -0.850. The van der Waals surface area contributed by atoms with Gasteiger partial charge in [0.25, 0.3) is 0 Å². The summed E-state index contributed by atoms with van der Waals surface area (Å²) in [6.07, 6.45) is 2.12. The van der Waals surface area contributed by atoms with E-state index in [1.165, 1.54) is 0 Å². The summed E-state index contributed by atoms with van der Waals surface area (Å²) in [6.45, 7) is 9.95. The summed E-state index contributed by atoms with van der Waals surface area (Å²) >= 11 is 0. The summed E-state index contributed by atoms with van der Waals surface area (Å²) in [5, 5.41) is 3.03. The molecule has 1 heterocycles. The van der Waals surface area contributed by atoms with Crippen molar-refractivity contribution in [2.24, 2.45) is 0 Å². The lowest BCUT2D eigenvalue weighted by Crippen LogP contribution is -2.54. The summed E-state index contributed by atoms with van der Waals surface area (Å²) in [6, 6.07) is 0.162. The first kappa shape index (κ1) is 13.7. The van der Waals surface area contributed by atoms with E-state index in [0.717, 1.165) is 12.8 Å². The maximum Gasteiger partial charge on any atom is 0.219 e. The standard InChI is InChI=1S/C12H23NO2S/c1-6-10(14)13-9-7-11(2,3)16(15)12(4,5)8-9/h9H,6-8H2,1-5H3,(H,13,14). The minimum atomic E-state index is -0.850. The van der Waals surface area contributed by atoms with Crippen molar-refractivity contribution in [3.8, 4) is 0 Å². The lowest BCUT2D eigenvalue weighted by Gasteiger charge is -2.44. The van der Waals surface area contributed by atoms with Crippen molar-refractivity contribution >= 4 is 16.7 Å². The Morgan fingerprint density at radius 1 is 1.25 bits per heavy atom. The van der Waals surface area contributed by atoms with Gasteiger partial charge < -0.3 is 5.32 Å². The topological polar surface area (TPSA) is 46.2 Å². The van der Waals surface area contributed by atoms with Gasteiger partial charge in [0.1, 0.15) is 0 Å². The van der Waals surface area contributed by atoms with Gasteiger partial charge in [-0.3, -0.25) is 9.00 Å². The fraction of sp³-hybridized carbons (Fsp3) is 0.917. The summed E-state index contributed by atoms with van der Waals surface area (Å²) < 4.78 is 11.8. The smallest absolute Gasteiger partial charge is 0.219 e. The van der Waals surface area contributed by atoms with Crippen molar-refractivity contribution < 1.29 is 9.00 Å². The number of rotatable bonds is 2. The molecule has 0 aromatic carbocycles. The second-order valence-electron chi connectivity index (χ2n) is 5.81. The van der Waals surface area contributed by atoms with Gasteiger partial charge in [-0.2, -0.15) is 0 Å². The van der Waals surface area contributed by atoms with E-state index in [2.05, 4.69) is 5.32 Å². The molecule has 94 valence electrons. The molecule has 0 spiro atoms. The first-order chi connectivity index (χ1) is 7.19. The highest BCUT2D eigenvalue weighted by Gasteiger charge is 2.45. The molecule has 3 nitrogen and oxygen atoms in total. The fourth-order valence-corrected chi connectivity index (χ4v) is 4.79. The van der Waals surface area contributed by atoms with E-state index < -0.39 is 10.8 Å². The SMILES string of the molecule is CCC(=O)NC1CC(C)(C)S(=O)C(C)(C)C1. The molecule has 1 saturated heterocycles. The Balaban J connectivity index is 2.79. The van der Waals surface area contributed by atoms with Crippen LogP contribution in [0.2, 0.25) is 0 Å². The van der Waals surface area contributed by atoms with E-state index in [9.17, 15) is 9.00 Å². The molecule has 1 N–H and O–H groups in total. The Morgan fingerprint density at radius 2 is 1.69 bits per heavy atom. The molecule has 1 rings (SSSR count). The van der Waals surface area contributed by atoms with Gasteiger partial charge in [0.2, 0.25) is 5.91 Å². The van der Waals surface area contributed by atoms with Crippen molar-refractivity contribution in [1.82, 2.24) is 5.32 Å². The van der Waals surface area contributed by atoms with Crippen LogP contribution < -0.4 is 5.32 Å². The van der Waals surface area contributed by atoms with E-state index in [4.69, 9.17) is 0 Å². The van der Waals surface area contributed by atoms with Crippen LogP contribution in [0.1, 0.15) is 53.9 Å². The average molecular weight is 245 g/mol. The molecule has 16 heavy (non-hydrogen) atoms. The molecule has 0 radical (unpaired) electrons. The summed E-state index contributed by atoms with van der Waals surface area (Å²) in [4.78, 5) is 11.4. The van der Waals surface area contributed by atoms with Crippen LogP contribution in [0.3, 0.4) is 0 Å². The molecule has 1 aliphatic rings. The van der Waals surface area contributed by atoms with Gasteiger partial charge >= 0.3 is 0 Å². The highest BCUT2D eigenvalue weighted by atomic mass is 32.2. The zero-order valence-corrected chi connectivity index (χ0v) is 11.7. The Labute approximate surface area is 101 Å². The molecular formula is C12H23NO2S. The van der Waals surface area contributed by atoms with Crippen LogP contribution in [-0.2, 0) is 15.6 Å². The number of amides is 1. The van der Waals surface area contributed by atoms with Crippen LogP contribution in [0.4, 0.5) is 0 Å². The van der Waals surface area contributed by atoms with Gasteiger partial charge in [0, 0.05) is 32.8 Å². The number of carbonyl (C=O) groups is 1. The van der Waals surface area contributed by atoms with Crippen LogP contribution in [0.25, 0.3) is 0 Å². The molecule has 0 aromatic heterocycles. The highest BCUT2D eigenvalue weighted by Crippen LogP contribution is 2.38. The molecular weight excluding hydrogens is 222 g/mol. The molecule has 0 aliphatic carbocycles. The predicted molar refractivity (Wildman–Crippen MR) is 67.8 cm³/mol. The predicted octanol–water partition coefficient (Wildman–Crippen LogP) is 1.98. The van der Waals surface area contributed by atoms with Gasteiger partial charge in [-0.25, -0.2) is 0 Å². The fourth-order valence-electron chi connectivity index (χ4n) is 2.59. The number of hydrogen-bond donors (Lipinski definition) is 1. The maximum atomic E-state index is 12.3. The quantitative estimate of drug-likeness (QED) is 0.808. The number of hydrogen-bond acceptors (Lipinski definition) is 2. The Kier molecular flexibility index (Phi) is 3.83. The van der Waals surface area contributed by atoms with Gasteiger partial charge in [-0.1, -0.05) is 6.92 Å². The normalized spacial score (nSPS) is 32.1. The average Bonchev–Trinajstić information content (AvgIpc) is 2.13. The van der Waals surface area contributed by atoms with Crippen molar-refractivity contribution in [2.75, 3.05) is 0 Å². The number of carbonyl (C=O) groups excluding carboxylic acids is 1. The molecule has 4 heteroatoms. The zero-order chi connectivity index (χ0) is 12.6. The molecule has 1 amide bonds. The van der Waals surface area contributed by atoms with E-state index in [1.807, 2.05) is 34.6 Å². The molecule has 0 saturated carbocycles. The highest BCUT2D eigenvalue weighted by molar-refractivity contribution is 7.87. The monoisotopic (exact) mass is 245 g/mol. The molecule has 0 atom stereocenters. The van der Waals surface area contributed by atoms with Crippen molar-refractivity contribution in [3.63, 3.8) is 0 Å². The third kappa shape index (κ3) is 2.84. The minimum Gasteiger partial charge on any atom is -0.353 e. The van der Waals surface area contributed by atoms with Crippen LogP contribution in [0, 0.1) is 0 Å². The van der Waals surface area contributed by atoms with Gasteiger partial charge in [0.05, 0.1) is 0 Å². The number of nitrogens with one attached hydrogen (secondary N) is 1. The van der Waals surface area contributed by atoms with Gasteiger partial charge in [-0.15, -0.1) is 0 Å². The van der Waals surface area contributed by atoms with Crippen molar-refractivity contribution in [2.45, 2.75) is 69.4 Å². The van der Waals surface area contributed by atoms with Crippen molar-refractivity contribution in [3.05, 3.63) is 0 Å². The van der Waals surface area contributed by atoms with E-state index >= 15 is 0 Å². The van der Waals surface area contributed by atoms with Gasteiger partial charge in [0.15, 0.2) is 0 Å². The van der Waals surface area contributed by atoms with Crippen LogP contribution in [-0.4, -0.2) is 25.7 Å². The maximum absolute atomic E-state index is 12.3. The third-order valence-electron chi connectivity index (χ3n) is 3.17. The molecule has 0 bridgehead atoms. The second kappa shape index (κ2) is 4.47. The van der Waals surface area contributed by atoms with Crippen LogP contribution in [0.5, 0.6) is 0 Å².